The number of nitrogens with one attached hydrogen (secondary N) is 3. The second-order valence-corrected chi connectivity index (χ2v) is 8.45. The van der Waals surface area contributed by atoms with Crippen molar-refractivity contribution in [3.05, 3.63) is 78.4 Å². The van der Waals surface area contributed by atoms with Gasteiger partial charge in [0.1, 0.15) is 0 Å². The first kappa shape index (κ1) is 21.1. The van der Waals surface area contributed by atoms with Crippen molar-refractivity contribution in [2.24, 2.45) is 10.1 Å². The number of primary sulfonamides is 1. The Kier molecular flexibility index (Phi) is 5.63. The van der Waals surface area contributed by atoms with E-state index in [2.05, 4.69) is 20.6 Å². The Labute approximate surface area is 183 Å². The van der Waals surface area contributed by atoms with E-state index in [0.717, 1.165) is 10.9 Å². The highest BCUT2D eigenvalue weighted by Crippen LogP contribution is 2.26. The van der Waals surface area contributed by atoms with Crippen LogP contribution in [0.5, 0.6) is 5.88 Å². The summed E-state index contributed by atoms with van der Waals surface area (Å²) in [7, 11) is -3.79. The zero-order valence-corrected chi connectivity index (χ0v) is 17.4. The van der Waals surface area contributed by atoms with Crippen LogP contribution >= 0.6 is 0 Å². The van der Waals surface area contributed by atoms with Crippen molar-refractivity contribution in [1.29, 1.82) is 0 Å². The van der Waals surface area contributed by atoms with Gasteiger partial charge in [-0.2, -0.15) is 0 Å². The van der Waals surface area contributed by atoms with Gasteiger partial charge in [-0.1, -0.05) is 18.2 Å². The second kappa shape index (κ2) is 8.53. The number of fused-ring (bicyclic) bond motifs is 1. The van der Waals surface area contributed by atoms with Gasteiger partial charge in [-0.3, -0.25) is 4.99 Å². The van der Waals surface area contributed by atoms with Gasteiger partial charge >= 0.3 is 6.03 Å². The summed E-state index contributed by atoms with van der Waals surface area (Å²) >= 11 is 0. The highest BCUT2D eigenvalue weighted by molar-refractivity contribution is 7.89. The summed E-state index contributed by atoms with van der Waals surface area (Å²) in [6, 6.07) is 19.3. The number of aromatic amines is 1. The summed E-state index contributed by atoms with van der Waals surface area (Å²) in [6.07, 6.45) is 1.58. The maximum absolute atomic E-state index is 12.2. The molecule has 0 unspecified atom stereocenters. The standard InChI is InChI=1S/C22H19N5O4S/c23-32(30,31)17-11-9-16(10-12-17)26-22(29)25-15-7-5-14(6-8-15)24-13-19-18-3-1-2-4-20(18)27-21(19)28/h1-13,27-28H,(H2,23,30,31)(H2,25,26,29). The van der Waals surface area contributed by atoms with Crippen molar-refractivity contribution in [1.82, 2.24) is 4.98 Å². The molecule has 3 aromatic carbocycles. The van der Waals surface area contributed by atoms with Gasteiger partial charge < -0.3 is 20.7 Å². The summed E-state index contributed by atoms with van der Waals surface area (Å²) < 4.78 is 22.6. The molecule has 0 saturated carbocycles. The Balaban J connectivity index is 1.39. The van der Waals surface area contributed by atoms with Gasteiger partial charge in [-0.05, 0) is 54.6 Å². The topological polar surface area (TPSA) is 150 Å². The van der Waals surface area contributed by atoms with Crippen molar-refractivity contribution in [2.75, 3.05) is 10.6 Å². The van der Waals surface area contributed by atoms with E-state index in [-0.39, 0.29) is 10.8 Å². The Bertz CT molecular complexity index is 1410. The number of nitrogens with two attached hydrogens (primary N) is 1. The maximum Gasteiger partial charge on any atom is 0.323 e. The number of nitrogens with zero attached hydrogens (tertiary/aromatic N) is 1. The first-order valence-electron chi connectivity index (χ1n) is 9.44. The van der Waals surface area contributed by atoms with Crippen LogP contribution in [0, 0.1) is 0 Å². The number of amides is 2. The summed E-state index contributed by atoms with van der Waals surface area (Å²) in [5.74, 6) is 0.0435. The number of hydrogen-bond donors (Lipinski definition) is 5. The third kappa shape index (κ3) is 4.77. The number of H-pyrrole nitrogens is 1. The molecule has 162 valence electrons. The Morgan fingerprint density at radius 3 is 2.16 bits per heavy atom. The van der Waals surface area contributed by atoms with Crippen molar-refractivity contribution in [3.63, 3.8) is 0 Å². The molecule has 0 bridgehead atoms. The number of rotatable bonds is 5. The minimum atomic E-state index is -3.79. The molecule has 2 amide bonds. The van der Waals surface area contributed by atoms with Gasteiger partial charge in [0.2, 0.25) is 10.0 Å². The number of urea groups is 1. The molecule has 0 atom stereocenters. The number of aromatic nitrogens is 1. The van der Waals surface area contributed by atoms with Crippen LogP contribution in [0.25, 0.3) is 10.9 Å². The van der Waals surface area contributed by atoms with E-state index >= 15 is 0 Å². The van der Waals surface area contributed by atoms with Crippen LogP contribution in [0.15, 0.2) is 82.7 Å². The largest absolute Gasteiger partial charge is 0.494 e. The summed E-state index contributed by atoms with van der Waals surface area (Å²) in [5, 5.41) is 21.3. The van der Waals surface area contributed by atoms with Crippen molar-refractivity contribution in [3.8, 4) is 5.88 Å². The molecule has 0 aliphatic heterocycles. The minimum Gasteiger partial charge on any atom is -0.494 e. The second-order valence-electron chi connectivity index (χ2n) is 6.89. The number of benzene rings is 3. The lowest BCUT2D eigenvalue weighted by Gasteiger charge is -2.08. The van der Waals surface area contributed by atoms with Gasteiger partial charge in [0, 0.05) is 28.5 Å². The zero-order chi connectivity index (χ0) is 22.7. The molecule has 0 aliphatic carbocycles. The van der Waals surface area contributed by atoms with E-state index in [1.807, 2.05) is 24.3 Å². The molecule has 0 fully saturated rings. The third-order valence-corrected chi connectivity index (χ3v) is 5.56. The normalized spacial score (nSPS) is 11.7. The van der Waals surface area contributed by atoms with Gasteiger partial charge in [0.25, 0.3) is 0 Å². The van der Waals surface area contributed by atoms with Crippen LogP contribution in [0.2, 0.25) is 0 Å². The lowest BCUT2D eigenvalue weighted by Crippen LogP contribution is -2.19. The van der Waals surface area contributed by atoms with E-state index < -0.39 is 16.1 Å². The molecular formula is C22H19N5O4S. The fourth-order valence-electron chi connectivity index (χ4n) is 3.07. The number of aromatic hydroxyl groups is 1. The maximum atomic E-state index is 12.2. The molecule has 6 N–H and O–H groups in total. The molecule has 0 aliphatic rings. The molecule has 4 rings (SSSR count). The predicted molar refractivity (Wildman–Crippen MR) is 124 cm³/mol. The summed E-state index contributed by atoms with van der Waals surface area (Å²) in [6.45, 7) is 0. The third-order valence-electron chi connectivity index (χ3n) is 4.63. The molecule has 4 aromatic rings. The van der Waals surface area contributed by atoms with Crippen LogP contribution < -0.4 is 15.8 Å². The van der Waals surface area contributed by atoms with E-state index in [4.69, 9.17) is 5.14 Å². The van der Waals surface area contributed by atoms with Crippen LogP contribution in [0.4, 0.5) is 21.9 Å². The molecule has 32 heavy (non-hydrogen) atoms. The average molecular weight is 449 g/mol. The molecule has 0 saturated heterocycles. The molecule has 1 aromatic heterocycles. The fraction of sp³-hybridized carbons (Fsp3) is 0. The SMILES string of the molecule is NS(=O)(=O)c1ccc(NC(=O)Nc2ccc(N=Cc3c(O)[nH]c4ccccc34)cc2)cc1. The zero-order valence-electron chi connectivity index (χ0n) is 16.6. The monoisotopic (exact) mass is 449 g/mol. The Morgan fingerprint density at radius 1 is 0.938 bits per heavy atom. The number of hydrogen-bond acceptors (Lipinski definition) is 5. The van der Waals surface area contributed by atoms with Crippen molar-refractivity contribution >= 4 is 50.2 Å². The van der Waals surface area contributed by atoms with Crippen LogP contribution in [-0.2, 0) is 10.0 Å². The quantitative estimate of drug-likeness (QED) is 0.294. The fourth-order valence-corrected chi connectivity index (χ4v) is 3.59. The number of carbonyl (C=O) groups excluding carboxylic acids is 1. The average Bonchev–Trinajstić information content (AvgIpc) is 3.08. The Morgan fingerprint density at radius 2 is 1.53 bits per heavy atom. The highest BCUT2D eigenvalue weighted by atomic mass is 32.2. The first-order valence-corrected chi connectivity index (χ1v) is 11.0. The van der Waals surface area contributed by atoms with E-state index in [0.29, 0.717) is 22.6 Å². The lowest BCUT2D eigenvalue weighted by atomic mass is 10.2. The number of para-hydroxylation sites is 1. The van der Waals surface area contributed by atoms with E-state index in [9.17, 15) is 18.3 Å². The highest BCUT2D eigenvalue weighted by Gasteiger charge is 2.09. The molecule has 9 nitrogen and oxygen atoms in total. The van der Waals surface area contributed by atoms with E-state index in [1.165, 1.54) is 24.3 Å². The van der Waals surface area contributed by atoms with Crippen molar-refractivity contribution in [2.45, 2.75) is 4.90 Å². The van der Waals surface area contributed by atoms with Gasteiger partial charge in [-0.25, -0.2) is 18.4 Å². The van der Waals surface area contributed by atoms with Crippen LogP contribution in [0.1, 0.15) is 5.56 Å². The van der Waals surface area contributed by atoms with Gasteiger partial charge in [0.15, 0.2) is 5.88 Å². The predicted octanol–water partition coefficient (Wildman–Crippen LogP) is 3.92. The molecule has 1 heterocycles. The number of sulfonamides is 1. The molecule has 0 radical (unpaired) electrons. The van der Waals surface area contributed by atoms with Crippen LogP contribution in [0.3, 0.4) is 0 Å². The lowest BCUT2D eigenvalue weighted by molar-refractivity contribution is 0.262. The molecule has 0 spiro atoms. The molecular weight excluding hydrogens is 430 g/mol. The van der Waals surface area contributed by atoms with Gasteiger partial charge in [-0.15, -0.1) is 0 Å². The number of aliphatic imine (C=N–C) groups is 1. The number of anilines is 2. The van der Waals surface area contributed by atoms with E-state index in [1.54, 1.807) is 30.5 Å². The number of carbonyl (C=O) groups is 1. The van der Waals surface area contributed by atoms with Crippen molar-refractivity contribution < 1.29 is 18.3 Å². The van der Waals surface area contributed by atoms with Crippen LogP contribution in [-0.4, -0.2) is 30.8 Å². The molecule has 10 heteroatoms. The van der Waals surface area contributed by atoms with Gasteiger partial charge in [0.05, 0.1) is 16.1 Å². The minimum absolute atomic E-state index is 0.0412. The smallest absolute Gasteiger partial charge is 0.323 e. The summed E-state index contributed by atoms with van der Waals surface area (Å²) in [4.78, 5) is 19.4. The Hall–Kier alpha value is -4.15. The summed E-state index contributed by atoms with van der Waals surface area (Å²) in [5.41, 5.74) is 3.00. The first-order chi connectivity index (χ1) is 15.3.